The number of benzene rings is 1. The molecule has 0 fully saturated rings. The van der Waals surface area contributed by atoms with Gasteiger partial charge in [-0.05, 0) is 32.0 Å². The maximum atomic E-state index is 13.0. The molecule has 0 saturated carbocycles. The van der Waals surface area contributed by atoms with Gasteiger partial charge in [0.05, 0.1) is 18.8 Å². The Balaban J connectivity index is 2.68. The number of anilines is 1. The lowest BCUT2D eigenvalue weighted by atomic mass is 10.0. The van der Waals surface area contributed by atoms with Crippen LogP contribution in [0.5, 0.6) is 0 Å². The zero-order valence-electron chi connectivity index (χ0n) is 9.66. The molecule has 90 valence electrons. The second-order valence-corrected chi connectivity index (χ2v) is 3.99. The molecule has 4 heteroatoms. The molecule has 0 amide bonds. The van der Waals surface area contributed by atoms with Crippen LogP contribution in [0.2, 0.25) is 0 Å². The molecule has 3 nitrogen and oxygen atoms in total. The number of ether oxygens (including phenoxy) is 1. The second-order valence-electron chi connectivity index (χ2n) is 3.99. The van der Waals surface area contributed by atoms with E-state index in [1.165, 1.54) is 12.1 Å². The summed E-state index contributed by atoms with van der Waals surface area (Å²) in [6.07, 6.45) is 0. The quantitative estimate of drug-likeness (QED) is 0.781. The minimum atomic E-state index is -0.593. The number of halogens is 1. The van der Waals surface area contributed by atoms with E-state index in [1.807, 2.05) is 13.8 Å². The van der Waals surface area contributed by atoms with E-state index in [0.717, 1.165) is 0 Å². The fourth-order valence-corrected chi connectivity index (χ4v) is 1.36. The maximum Gasteiger partial charge on any atom is 0.125 e. The Morgan fingerprint density at radius 1 is 1.50 bits per heavy atom. The van der Waals surface area contributed by atoms with E-state index >= 15 is 0 Å². The SMILES string of the molecule is CCOCC(C)(CO)Nc1cccc(F)c1. The summed E-state index contributed by atoms with van der Waals surface area (Å²) in [6.45, 7) is 4.59. The van der Waals surface area contributed by atoms with Crippen molar-refractivity contribution in [3.8, 4) is 0 Å². The standard InChI is InChI=1S/C12H18FNO2/c1-3-16-9-12(2,8-15)14-11-6-4-5-10(13)7-11/h4-7,14-15H,3,8-9H2,1-2H3. The van der Waals surface area contributed by atoms with Gasteiger partial charge in [-0.2, -0.15) is 0 Å². The van der Waals surface area contributed by atoms with Crippen molar-refractivity contribution in [1.29, 1.82) is 0 Å². The lowest BCUT2D eigenvalue weighted by Gasteiger charge is -2.29. The summed E-state index contributed by atoms with van der Waals surface area (Å²) < 4.78 is 18.2. The molecule has 2 N–H and O–H groups in total. The molecule has 1 rings (SSSR count). The summed E-state index contributed by atoms with van der Waals surface area (Å²) in [6, 6.07) is 6.14. The number of nitrogens with one attached hydrogen (secondary N) is 1. The lowest BCUT2D eigenvalue weighted by Crippen LogP contribution is -2.43. The van der Waals surface area contributed by atoms with Crippen molar-refractivity contribution in [3.63, 3.8) is 0 Å². The molecule has 0 saturated heterocycles. The van der Waals surface area contributed by atoms with Crippen molar-refractivity contribution in [2.24, 2.45) is 0 Å². The van der Waals surface area contributed by atoms with Gasteiger partial charge in [-0.25, -0.2) is 4.39 Å². The summed E-state index contributed by atoms with van der Waals surface area (Å²) in [7, 11) is 0. The highest BCUT2D eigenvalue weighted by atomic mass is 19.1. The summed E-state index contributed by atoms with van der Waals surface area (Å²) in [5, 5.41) is 12.4. The van der Waals surface area contributed by atoms with Gasteiger partial charge in [0.1, 0.15) is 5.82 Å². The Morgan fingerprint density at radius 2 is 2.25 bits per heavy atom. The first-order chi connectivity index (χ1) is 7.59. The van der Waals surface area contributed by atoms with E-state index in [1.54, 1.807) is 12.1 Å². The zero-order valence-corrected chi connectivity index (χ0v) is 9.66. The third-order valence-electron chi connectivity index (χ3n) is 2.24. The molecule has 1 unspecified atom stereocenters. The van der Waals surface area contributed by atoms with E-state index < -0.39 is 5.54 Å². The first-order valence-electron chi connectivity index (χ1n) is 5.32. The maximum absolute atomic E-state index is 13.0. The third-order valence-corrected chi connectivity index (χ3v) is 2.24. The Kier molecular flexibility index (Phi) is 4.71. The van der Waals surface area contributed by atoms with Crippen LogP contribution >= 0.6 is 0 Å². The van der Waals surface area contributed by atoms with Gasteiger partial charge < -0.3 is 15.2 Å². The normalized spacial score (nSPS) is 14.5. The average Bonchev–Trinajstić information content (AvgIpc) is 2.26. The summed E-state index contributed by atoms with van der Waals surface area (Å²) in [5.74, 6) is -0.304. The minimum Gasteiger partial charge on any atom is -0.394 e. The molecule has 0 spiro atoms. The Morgan fingerprint density at radius 3 is 2.81 bits per heavy atom. The predicted molar refractivity (Wildman–Crippen MR) is 62.0 cm³/mol. The molecular formula is C12H18FNO2. The molecule has 0 radical (unpaired) electrons. The molecule has 0 aliphatic carbocycles. The van der Waals surface area contributed by atoms with Crippen LogP contribution in [0.1, 0.15) is 13.8 Å². The fraction of sp³-hybridized carbons (Fsp3) is 0.500. The predicted octanol–water partition coefficient (Wildman–Crippen LogP) is 2.03. The monoisotopic (exact) mass is 227 g/mol. The van der Waals surface area contributed by atoms with Gasteiger partial charge in [-0.1, -0.05) is 6.07 Å². The third kappa shape index (κ3) is 3.79. The largest absolute Gasteiger partial charge is 0.394 e. The molecule has 1 aromatic rings. The van der Waals surface area contributed by atoms with Crippen LogP contribution < -0.4 is 5.32 Å². The molecule has 0 heterocycles. The molecule has 0 bridgehead atoms. The number of aliphatic hydroxyl groups excluding tert-OH is 1. The van der Waals surface area contributed by atoms with Crippen LogP contribution in [0.25, 0.3) is 0 Å². The van der Waals surface area contributed by atoms with Crippen LogP contribution in [-0.2, 0) is 4.74 Å². The van der Waals surface area contributed by atoms with E-state index in [9.17, 15) is 9.50 Å². The van der Waals surface area contributed by atoms with E-state index in [2.05, 4.69) is 5.32 Å². The highest BCUT2D eigenvalue weighted by molar-refractivity contribution is 5.45. The lowest BCUT2D eigenvalue weighted by molar-refractivity contribution is 0.0797. The topological polar surface area (TPSA) is 41.5 Å². The summed E-state index contributed by atoms with van der Waals surface area (Å²) in [4.78, 5) is 0. The first kappa shape index (κ1) is 12.9. The number of rotatable bonds is 6. The van der Waals surface area contributed by atoms with Crippen molar-refractivity contribution in [1.82, 2.24) is 0 Å². The van der Waals surface area contributed by atoms with Gasteiger partial charge in [0.2, 0.25) is 0 Å². The van der Waals surface area contributed by atoms with Crippen LogP contribution in [0.3, 0.4) is 0 Å². The second kappa shape index (κ2) is 5.82. The van der Waals surface area contributed by atoms with Crippen molar-refractivity contribution >= 4 is 5.69 Å². The van der Waals surface area contributed by atoms with Crippen LogP contribution in [0.15, 0.2) is 24.3 Å². The Hall–Kier alpha value is -1.13. The van der Waals surface area contributed by atoms with Gasteiger partial charge in [0, 0.05) is 12.3 Å². The zero-order chi connectivity index (χ0) is 12.0. The first-order valence-corrected chi connectivity index (χ1v) is 5.32. The van der Waals surface area contributed by atoms with Crippen LogP contribution in [-0.4, -0.2) is 30.5 Å². The van der Waals surface area contributed by atoms with Gasteiger partial charge >= 0.3 is 0 Å². The fourth-order valence-electron chi connectivity index (χ4n) is 1.36. The molecular weight excluding hydrogens is 209 g/mol. The van der Waals surface area contributed by atoms with Gasteiger partial charge in [-0.15, -0.1) is 0 Å². The number of aliphatic hydroxyl groups is 1. The van der Waals surface area contributed by atoms with Gasteiger partial charge in [0.25, 0.3) is 0 Å². The van der Waals surface area contributed by atoms with E-state index in [0.29, 0.717) is 18.9 Å². The molecule has 1 atom stereocenters. The van der Waals surface area contributed by atoms with Crippen LogP contribution in [0.4, 0.5) is 10.1 Å². The molecule has 16 heavy (non-hydrogen) atoms. The summed E-state index contributed by atoms with van der Waals surface area (Å²) in [5.41, 5.74) is 0.0420. The van der Waals surface area contributed by atoms with Crippen molar-refractivity contribution in [3.05, 3.63) is 30.1 Å². The van der Waals surface area contributed by atoms with Crippen molar-refractivity contribution in [2.45, 2.75) is 19.4 Å². The number of hydrogen-bond donors (Lipinski definition) is 2. The van der Waals surface area contributed by atoms with Crippen LogP contribution in [0, 0.1) is 5.82 Å². The van der Waals surface area contributed by atoms with E-state index in [-0.39, 0.29) is 12.4 Å². The summed E-state index contributed by atoms with van der Waals surface area (Å²) >= 11 is 0. The molecule has 1 aromatic carbocycles. The average molecular weight is 227 g/mol. The minimum absolute atomic E-state index is 0.0798. The Labute approximate surface area is 95.2 Å². The van der Waals surface area contributed by atoms with Gasteiger partial charge in [0.15, 0.2) is 0 Å². The van der Waals surface area contributed by atoms with Crippen molar-refractivity contribution in [2.75, 3.05) is 25.1 Å². The number of hydrogen-bond acceptors (Lipinski definition) is 3. The highest BCUT2D eigenvalue weighted by Crippen LogP contribution is 2.16. The molecule has 0 aliphatic rings. The smallest absolute Gasteiger partial charge is 0.125 e. The van der Waals surface area contributed by atoms with Crippen molar-refractivity contribution < 1.29 is 14.2 Å². The Bertz CT molecular complexity index is 333. The van der Waals surface area contributed by atoms with Gasteiger partial charge in [-0.3, -0.25) is 0 Å². The molecule has 0 aliphatic heterocycles. The highest BCUT2D eigenvalue weighted by Gasteiger charge is 2.23. The molecule has 0 aromatic heterocycles. The van der Waals surface area contributed by atoms with E-state index in [4.69, 9.17) is 4.74 Å².